The molecule has 0 saturated carbocycles. The average molecular weight is 154 g/mol. The molecule has 1 heterocycles. The molecule has 1 aromatic rings. The van der Waals surface area contributed by atoms with Crippen LogP contribution < -0.4 is 10.6 Å². The molecule has 56 valence electrons. The first-order chi connectivity index (χ1) is 5.16. The van der Waals surface area contributed by atoms with Gasteiger partial charge in [0.05, 0.1) is 5.16 Å². The van der Waals surface area contributed by atoms with E-state index in [2.05, 4.69) is 9.79 Å². The minimum Gasteiger partial charge on any atom is -0.362 e. The first kappa shape index (κ1) is 7.01. The molecule has 0 aliphatic rings. The standard InChI is InChI=1S/C4H2N4O3/c5-1-2-3(4(6)9)8(10)11-7-2/h(H2,6,9). The van der Waals surface area contributed by atoms with E-state index >= 15 is 0 Å². The summed E-state index contributed by atoms with van der Waals surface area (Å²) in [6, 6.07) is 1.47. The van der Waals surface area contributed by atoms with E-state index in [0.717, 1.165) is 0 Å². The van der Waals surface area contributed by atoms with Crippen LogP contribution in [0.4, 0.5) is 0 Å². The van der Waals surface area contributed by atoms with E-state index in [1.54, 1.807) is 0 Å². The number of carbonyl (C=O) groups is 1. The fourth-order valence-electron chi connectivity index (χ4n) is 0.528. The number of amides is 1. The van der Waals surface area contributed by atoms with Gasteiger partial charge in [-0.3, -0.25) is 9.42 Å². The van der Waals surface area contributed by atoms with Crippen LogP contribution in [-0.2, 0) is 0 Å². The van der Waals surface area contributed by atoms with Gasteiger partial charge in [-0.25, -0.2) is 0 Å². The van der Waals surface area contributed by atoms with E-state index in [4.69, 9.17) is 11.0 Å². The summed E-state index contributed by atoms with van der Waals surface area (Å²) in [5, 5.41) is 21.7. The van der Waals surface area contributed by atoms with Crippen molar-refractivity contribution in [3.05, 3.63) is 16.6 Å². The van der Waals surface area contributed by atoms with Gasteiger partial charge in [0.15, 0.2) is 6.07 Å². The van der Waals surface area contributed by atoms with Gasteiger partial charge in [-0.2, -0.15) is 5.26 Å². The molecule has 0 bridgehead atoms. The highest BCUT2D eigenvalue weighted by atomic mass is 16.8. The number of hydrogen-bond donors (Lipinski definition) is 1. The summed E-state index contributed by atoms with van der Waals surface area (Å²) in [4.78, 5) is 10.2. The summed E-state index contributed by atoms with van der Waals surface area (Å²) in [5.41, 5.74) is 3.74. The molecule has 11 heavy (non-hydrogen) atoms. The number of hydrogen-bond acceptors (Lipinski definition) is 5. The van der Waals surface area contributed by atoms with Crippen LogP contribution in [0.5, 0.6) is 0 Å². The molecule has 1 rings (SSSR count). The number of aromatic nitrogens is 2. The lowest BCUT2D eigenvalue weighted by Gasteiger charge is -1.86. The summed E-state index contributed by atoms with van der Waals surface area (Å²) in [5.74, 6) is -1.04. The van der Waals surface area contributed by atoms with Gasteiger partial charge in [-0.1, -0.05) is 0 Å². The van der Waals surface area contributed by atoms with Crippen molar-refractivity contribution in [1.82, 2.24) is 5.16 Å². The lowest BCUT2D eigenvalue weighted by molar-refractivity contribution is -0.803. The Morgan fingerprint density at radius 2 is 2.55 bits per heavy atom. The van der Waals surface area contributed by atoms with Crippen LogP contribution in [-0.4, -0.2) is 11.1 Å². The van der Waals surface area contributed by atoms with Gasteiger partial charge in [-0.15, -0.1) is 0 Å². The van der Waals surface area contributed by atoms with Crippen LogP contribution >= 0.6 is 0 Å². The SMILES string of the molecule is N#Cc1no[n+]([O-])c1C(N)=O. The highest BCUT2D eigenvalue weighted by Crippen LogP contribution is 1.95. The van der Waals surface area contributed by atoms with E-state index < -0.39 is 17.3 Å². The summed E-state index contributed by atoms with van der Waals surface area (Å²) < 4.78 is 3.94. The highest BCUT2D eigenvalue weighted by molar-refractivity contribution is 5.91. The van der Waals surface area contributed by atoms with E-state index in [-0.39, 0.29) is 4.90 Å². The van der Waals surface area contributed by atoms with E-state index in [9.17, 15) is 10.0 Å². The Labute approximate surface area is 60.1 Å². The second-order valence-electron chi connectivity index (χ2n) is 1.60. The molecule has 0 aliphatic heterocycles. The maximum Gasteiger partial charge on any atom is 0.330 e. The third kappa shape index (κ3) is 0.963. The minimum atomic E-state index is -1.04. The first-order valence-corrected chi connectivity index (χ1v) is 2.46. The van der Waals surface area contributed by atoms with Gasteiger partial charge in [0, 0.05) is 0 Å². The zero-order valence-corrected chi connectivity index (χ0v) is 5.14. The summed E-state index contributed by atoms with van der Waals surface area (Å²) in [6.07, 6.45) is 0. The summed E-state index contributed by atoms with van der Waals surface area (Å²) in [7, 11) is 0. The molecule has 7 heteroatoms. The number of nitrogens with two attached hydrogens (primary N) is 1. The van der Waals surface area contributed by atoms with Gasteiger partial charge in [-0.05, 0) is 4.90 Å². The summed E-state index contributed by atoms with van der Waals surface area (Å²) in [6.45, 7) is 0. The minimum absolute atomic E-state index is 0.207. The van der Waals surface area contributed by atoms with Crippen molar-refractivity contribution in [1.29, 1.82) is 5.26 Å². The largest absolute Gasteiger partial charge is 0.362 e. The molecule has 0 radical (unpaired) electrons. The Bertz CT molecular complexity index is 336. The highest BCUT2D eigenvalue weighted by Gasteiger charge is 2.23. The number of nitriles is 1. The van der Waals surface area contributed by atoms with Crippen LogP contribution in [0.1, 0.15) is 16.2 Å². The molecule has 0 atom stereocenters. The molecule has 1 amide bonds. The van der Waals surface area contributed by atoms with E-state index in [0.29, 0.717) is 0 Å². The molecular weight excluding hydrogens is 152 g/mol. The molecular formula is C4H2N4O3. The Balaban J connectivity index is 3.32. The number of nitrogens with zero attached hydrogens (tertiary/aromatic N) is 3. The Kier molecular flexibility index (Phi) is 1.44. The van der Waals surface area contributed by atoms with Gasteiger partial charge < -0.3 is 10.9 Å². The maximum atomic E-state index is 10.5. The van der Waals surface area contributed by atoms with Gasteiger partial charge in [0.25, 0.3) is 5.91 Å². The predicted octanol–water partition coefficient (Wildman–Crippen LogP) is -1.72. The van der Waals surface area contributed by atoms with Crippen molar-refractivity contribution in [3.63, 3.8) is 0 Å². The molecule has 2 N–H and O–H groups in total. The Hall–Kier alpha value is -2.10. The molecule has 0 fully saturated rings. The van der Waals surface area contributed by atoms with Crippen molar-refractivity contribution in [3.8, 4) is 6.07 Å². The Morgan fingerprint density at radius 1 is 1.91 bits per heavy atom. The van der Waals surface area contributed by atoms with Crippen molar-refractivity contribution < 1.29 is 14.3 Å². The fourth-order valence-corrected chi connectivity index (χ4v) is 0.528. The fraction of sp³-hybridized carbons (Fsp3) is 0. The second-order valence-corrected chi connectivity index (χ2v) is 1.60. The van der Waals surface area contributed by atoms with E-state index in [1.165, 1.54) is 6.07 Å². The van der Waals surface area contributed by atoms with Gasteiger partial charge >= 0.3 is 11.4 Å². The first-order valence-electron chi connectivity index (χ1n) is 2.46. The van der Waals surface area contributed by atoms with E-state index in [1.807, 2.05) is 0 Å². The number of rotatable bonds is 1. The topological polar surface area (TPSA) is 120 Å². The van der Waals surface area contributed by atoms with Crippen molar-refractivity contribution in [2.75, 3.05) is 0 Å². The lowest BCUT2D eigenvalue weighted by Crippen LogP contribution is -2.34. The second kappa shape index (κ2) is 2.26. The molecule has 0 aliphatic carbocycles. The average Bonchev–Trinajstić information content (AvgIpc) is 2.30. The lowest BCUT2D eigenvalue weighted by atomic mass is 10.3. The van der Waals surface area contributed by atoms with Crippen molar-refractivity contribution >= 4 is 5.91 Å². The molecule has 0 aromatic carbocycles. The smallest absolute Gasteiger partial charge is 0.330 e. The normalized spacial score (nSPS) is 9.00. The van der Waals surface area contributed by atoms with Crippen LogP contribution in [0.2, 0.25) is 0 Å². The quantitative estimate of drug-likeness (QED) is 0.482. The Morgan fingerprint density at radius 3 is 2.91 bits per heavy atom. The molecule has 0 saturated heterocycles. The predicted molar refractivity (Wildman–Crippen MR) is 28.7 cm³/mol. The van der Waals surface area contributed by atoms with Crippen molar-refractivity contribution in [2.24, 2.45) is 5.73 Å². The van der Waals surface area contributed by atoms with Crippen molar-refractivity contribution in [2.45, 2.75) is 0 Å². The van der Waals surface area contributed by atoms with Crippen LogP contribution in [0.25, 0.3) is 0 Å². The summed E-state index contributed by atoms with van der Waals surface area (Å²) >= 11 is 0. The molecule has 0 unspecified atom stereocenters. The van der Waals surface area contributed by atoms with Crippen LogP contribution in [0.15, 0.2) is 4.63 Å². The van der Waals surface area contributed by atoms with Crippen LogP contribution in [0, 0.1) is 16.5 Å². The zero-order chi connectivity index (χ0) is 8.43. The number of primary amides is 1. The third-order valence-corrected chi connectivity index (χ3v) is 0.952. The van der Waals surface area contributed by atoms with Gasteiger partial charge in [0.1, 0.15) is 0 Å². The monoisotopic (exact) mass is 154 g/mol. The zero-order valence-electron chi connectivity index (χ0n) is 5.14. The van der Waals surface area contributed by atoms with Gasteiger partial charge in [0.2, 0.25) is 0 Å². The third-order valence-electron chi connectivity index (χ3n) is 0.952. The maximum absolute atomic E-state index is 10.5. The number of carbonyl (C=O) groups excluding carboxylic acids is 1. The van der Waals surface area contributed by atoms with Crippen LogP contribution in [0.3, 0.4) is 0 Å². The molecule has 1 aromatic heterocycles. The molecule has 0 spiro atoms. The molecule has 7 nitrogen and oxygen atoms in total.